The van der Waals surface area contributed by atoms with E-state index in [1.807, 2.05) is 26.0 Å². The van der Waals surface area contributed by atoms with Gasteiger partial charge in [0.15, 0.2) is 0 Å². The van der Waals surface area contributed by atoms with Crippen molar-refractivity contribution in [3.63, 3.8) is 0 Å². The first-order valence-electron chi connectivity index (χ1n) is 11.4. The molecule has 1 amide bonds. The second kappa shape index (κ2) is 11.1. The number of anilines is 1. The number of benzene rings is 2. The number of fused-ring (bicyclic) bond motifs is 1. The quantitative estimate of drug-likeness (QED) is 0.277. The van der Waals surface area contributed by atoms with E-state index < -0.39 is 11.5 Å². The second-order valence-corrected chi connectivity index (χ2v) is 7.88. The average Bonchev–Trinajstić information content (AvgIpc) is 2.91. The summed E-state index contributed by atoms with van der Waals surface area (Å²) in [5, 5.41) is 12.4. The minimum atomic E-state index is -0.684. The Hall–Kier alpha value is -5.10. The standard InChI is InChI=1S/C28H24N4O5/c1-4-36-22-9-7-20(8-10-22)30-26(33)19(17-29)16-24-27(37-23-13-11-21(35-3)12-14-23)31-25-18(2)6-5-15-32(25)28(24)34/h5-16H,4H2,1-3H3,(H,30,33). The highest BCUT2D eigenvalue weighted by atomic mass is 16.5. The molecule has 0 bridgehead atoms. The summed E-state index contributed by atoms with van der Waals surface area (Å²) in [6.45, 7) is 4.21. The molecule has 37 heavy (non-hydrogen) atoms. The number of ether oxygens (including phenoxy) is 3. The normalized spacial score (nSPS) is 11.0. The van der Waals surface area contributed by atoms with Crippen molar-refractivity contribution in [2.24, 2.45) is 0 Å². The number of hydrogen-bond donors (Lipinski definition) is 1. The fraction of sp³-hybridized carbons (Fsp3) is 0.143. The van der Waals surface area contributed by atoms with Crippen molar-refractivity contribution in [3.05, 3.63) is 93.9 Å². The predicted octanol–water partition coefficient (Wildman–Crippen LogP) is 4.75. The van der Waals surface area contributed by atoms with E-state index in [0.717, 1.165) is 5.56 Å². The minimum Gasteiger partial charge on any atom is -0.497 e. The molecule has 4 rings (SSSR count). The van der Waals surface area contributed by atoms with Gasteiger partial charge in [0, 0.05) is 11.9 Å². The van der Waals surface area contributed by atoms with Crippen molar-refractivity contribution in [2.75, 3.05) is 19.0 Å². The van der Waals surface area contributed by atoms with Crippen LogP contribution in [-0.2, 0) is 4.79 Å². The van der Waals surface area contributed by atoms with Crippen LogP contribution >= 0.6 is 0 Å². The largest absolute Gasteiger partial charge is 0.497 e. The number of hydrogen-bond acceptors (Lipinski definition) is 7. The summed E-state index contributed by atoms with van der Waals surface area (Å²) in [7, 11) is 1.55. The number of methoxy groups -OCH3 is 1. The summed E-state index contributed by atoms with van der Waals surface area (Å²) in [5.41, 5.74) is 0.790. The predicted molar refractivity (Wildman–Crippen MR) is 139 cm³/mol. The number of amides is 1. The number of rotatable bonds is 8. The Balaban J connectivity index is 1.75. The molecule has 2 aromatic carbocycles. The molecule has 0 saturated carbocycles. The Kier molecular flexibility index (Phi) is 7.50. The lowest BCUT2D eigenvalue weighted by Crippen LogP contribution is -2.20. The fourth-order valence-corrected chi connectivity index (χ4v) is 3.54. The van der Waals surface area contributed by atoms with Gasteiger partial charge in [-0.05, 0) is 80.1 Å². The molecule has 0 saturated heterocycles. The van der Waals surface area contributed by atoms with Gasteiger partial charge in [0.2, 0.25) is 5.88 Å². The van der Waals surface area contributed by atoms with Crippen molar-refractivity contribution in [1.82, 2.24) is 9.38 Å². The zero-order valence-corrected chi connectivity index (χ0v) is 20.5. The molecule has 0 radical (unpaired) electrons. The molecule has 0 spiro atoms. The van der Waals surface area contributed by atoms with Gasteiger partial charge in [-0.2, -0.15) is 10.2 Å². The highest BCUT2D eigenvalue weighted by Gasteiger charge is 2.18. The molecular weight excluding hydrogens is 472 g/mol. The van der Waals surface area contributed by atoms with Crippen LogP contribution in [0.3, 0.4) is 0 Å². The molecule has 2 aromatic heterocycles. The van der Waals surface area contributed by atoms with Gasteiger partial charge >= 0.3 is 0 Å². The van der Waals surface area contributed by atoms with Gasteiger partial charge in [-0.1, -0.05) is 6.07 Å². The third-order valence-corrected chi connectivity index (χ3v) is 5.40. The third-order valence-electron chi connectivity index (χ3n) is 5.40. The number of aryl methyl sites for hydroxylation is 1. The summed E-state index contributed by atoms with van der Waals surface area (Å²) in [5.74, 6) is 0.967. The highest BCUT2D eigenvalue weighted by Crippen LogP contribution is 2.26. The maximum absolute atomic E-state index is 13.4. The van der Waals surface area contributed by atoms with Crippen molar-refractivity contribution in [2.45, 2.75) is 13.8 Å². The van der Waals surface area contributed by atoms with E-state index in [4.69, 9.17) is 14.2 Å². The maximum Gasteiger partial charge on any atom is 0.269 e. The molecule has 186 valence electrons. The summed E-state index contributed by atoms with van der Waals surface area (Å²) >= 11 is 0. The van der Waals surface area contributed by atoms with Crippen molar-refractivity contribution in [1.29, 1.82) is 5.26 Å². The smallest absolute Gasteiger partial charge is 0.269 e. The van der Waals surface area contributed by atoms with E-state index in [-0.39, 0.29) is 17.0 Å². The maximum atomic E-state index is 13.4. The Morgan fingerprint density at radius 2 is 1.76 bits per heavy atom. The van der Waals surface area contributed by atoms with Crippen LogP contribution in [0.1, 0.15) is 18.1 Å². The fourth-order valence-electron chi connectivity index (χ4n) is 3.54. The van der Waals surface area contributed by atoms with Gasteiger partial charge in [-0.15, -0.1) is 0 Å². The lowest BCUT2D eigenvalue weighted by molar-refractivity contribution is -0.112. The van der Waals surface area contributed by atoms with E-state index in [0.29, 0.717) is 35.2 Å². The summed E-state index contributed by atoms with van der Waals surface area (Å²) < 4.78 is 17.9. The zero-order chi connectivity index (χ0) is 26.4. The third kappa shape index (κ3) is 5.60. The topological polar surface area (TPSA) is 115 Å². The Morgan fingerprint density at radius 1 is 1.08 bits per heavy atom. The molecule has 0 unspecified atom stereocenters. The van der Waals surface area contributed by atoms with Gasteiger partial charge in [0.1, 0.15) is 40.1 Å². The number of carbonyl (C=O) groups excluding carboxylic acids is 1. The lowest BCUT2D eigenvalue weighted by atomic mass is 10.1. The number of aromatic nitrogens is 2. The summed E-state index contributed by atoms with van der Waals surface area (Å²) in [4.78, 5) is 30.9. The van der Waals surface area contributed by atoms with Crippen LogP contribution in [0.15, 0.2) is 77.2 Å². The average molecular weight is 497 g/mol. The zero-order valence-electron chi connectivity index (χ0n) is 20.5. The Bertz CT molecular complexity index is 1570. The first-order chi connectivity index (χ1) is 17.9. The van der Waals surface area contributed by atoms with Crippen LogP contribution in [0.4, 0.5) is 5.69 Å². The lowest BCUT2D eigenvalue weighted by Gasteiger charge is -2.12. The van der Waals surface area contributed by atoms with Crippen LogP contribution in [0.2, 0.25) is 0 Å². The Morgan fingerprint density at radius 3 is 2.41 bits per heavy atom. The van der Waals surface area contributed by atoms with E-state index in [9.17, 15) is 14.9 Å². The Labute approximate surface area is 213 Å². The number of nitriles is 1. The van der Waals surface area contributed by atoms with Crippen molar-refractivity contribution >= 4 is 23.3 Å². The number of carbonyl (C=O) groups is 1. The second-order valence-electron chi connectivity index (χ2n) is 7.88. The van der Waals surface area contributed by atoms with Crippen LogP contribution in [0, 0.1) is 18.3 Å². The number of nitrogens with zero attached hydrogens (tertiary/aromatic N) is 3. The molecule has 0 atom stereocenters. The van der Waals surface area contributed by atoms with Gasteiger partial charge < -0.3 is 19.5 Å². The molecule has 4 aromatic rings. The van der Waals surface area contributed by atoms with Gasteiger partial charge in [0.05, 0.1) is 13.7 Å². The van der Waals surface area contributed by atoms with E-state index in [1.165, 1.54) is 10.5 Å². The highest BCUT2D eigenvalue weighted by molar-refractivity contribution is 6.09. The molecule has 0 fully saturated rings. The van der Waals surface area contributed by atoms with Crippen LogP contribution in [-0.4, -0.2) is 29.0 Å². The molecular formula is C28H24N4O5. The number of pyridine rings is 1. The van der Waals surface area contributed by atoms with Gasteiger partial charge in [-0.25, -0.2) is 0 Å². The summed E-state index contributed by atoms with van der Waals surface area (Å²) in [6, 6.07) is 18.9. The van der Waals surface area contributed by atoms with E-state index >= 15 is 0 Å². The minimum absolute atomic E-state index is 0.0360. The van der Waals surface area contributed by atoms with Crippen LogP contribution in [0.25, 0.3) is 11.7 Å². The first kappa shape index (κ1) is 25.0. The van der Waals surface area contributed by atoms with Crippen molar-refractivity contribution in [3.8, 4) is 29.2 Å². The molecule has 0 aliphatic heterocycles. The molecule has 0 aliphatic rings. The number of nitrogens with one attached hydrogen (secondary N) is 1. The molecule has 9 heteroatoms. The van der Waals surface area contributed by atoms with E-state index in [2.05, 4.69) is 10.3 Å². The molecule has 1 N–H and O–H groups in total. The molecule has 2 heterocycles. The van der Waals surface area contributed by atoms with E-state index in [1.54, 1.807) is 67.9 Å². The van der Waals surface area contributed by atoms with Crippen LogP contribution < -0.4 is 25.1 Å². The monoisotopic (exact) mass is 496 g/mol. The van der Waals surface area contributed by atoms with Crippen LogP contribution in [0.5, 0.6) is 23.1 Å². The van der Waals surface area contributed by atoms with Gasteiger partial charge in [0.25, 0.3) is 11.5 Å². The molecule has 0 aliphatic carbocycles. The SMILES string of the molecule is CCOc1ccc(NC(=O)C(C#N)=Cc2c(Oc3ccc(OC)cc3)nc3c(C)cccn3c2=O)cc1. The van der Waals surface area contributed by atoms with Crippen molar-refractivity contribution < 1.29 is 19.0 Å². The summed E-state index contributed by atoms with van der Waals surface area (Å²) in [6.07, 6.45) is 2.76. The first-order valence-corrected chi connectivity index (χ1v) is 11.4. The van der Waals surface area contributed by atoms with Gasteiger partial charge in [-0.3, -0.25) is 14.0 Å². The molecule has 9 nitrogen and oxygen atoms in total.